The molecule has 2 aliphatic rings. The van der Waals surface area contributed by atoms with Gasteiger partial charge in [-0.3, -0.25) is 4.90 Å². The maximum Gasteiger partial charge on any atom is 0.146 e. The van der Waals surface area contributed by atoms with Gasteiger partial charge in [-0.05, 0) is 25.0 Å². The maximum absolute atomic E-state index is 9.36. The number of aliphatic hydroxyl groups is 1. The van der Waals surface area contributed by atoms with E-state index in [0.717, 1.165) is 38.3 Å². The fourth-order valence-electron chi connectivity index (χ4n) is 3.28. The van der Waals surface area contributed by atoms with Gasteiger partial charge >= 0.3 is 0 Å². The van der Waals surface area contributed by atoms with Crippen molar-refractivity contribution in [1.29, 1.82) is 5.26 Å². The Hall–Kier alpha value is -1.64. The van der Waals surface area contributed by atoms with Gasteiger partial charge in [0.1, 0.15) is 11.9 Å². The number of piperazine rings is 1. The standard InChI is InChI=1S/C14H18N4O/c15-8-11-2-1-5-16-14(11)17-6-7-18-12(9-17)3-4-13(18)10-19/h1-2,5,12-13,19H,3-4,6-7,9-10H2/t12-,13+/m0/s1. The summed E-state index contributed by atoms with van der Waals surface area (Å²) >= 11 is 0. The van der Waals surface area contributed by atoms with Gasteiger partial charge in [-0.1, -0.05) is 0 Å². The normalized spacial score (nSPS) is 27.1. The lowest BCUT2D eigenvalue weighted by Gasteiger charge is -2.40. The van der Waals surface area contributed by atoms with E-state index in [1.54, 1.807) is 12.3 Å². The Morgan fingerprint density at radius 3 is 3.11 bits per heavy atom. The lowest BCUT2D eigenvalue weighted by molar-refractivity contribution is 0.120. The molecule has 0 aliphatic carbocycles. The summed E-state index contributed by atoms with van der Waals surface area (Å²) < 4.78 is 0. The number of hydrogen-bond donors (Lipinski definition) is 1. The number of anilines is 1. The molecule has 0 spiro atoms. The van der Waals surface area contributed by atoms with Crippen molar-refractivity contribution in [2.75, 3.05) is 31.1 Å². The highest BCUT2D eigenvalue weighted by Gasteiger charge is 2.37. The van der Waals surface area contributed by atoms with Gasteiger partial charge in [-0.15, -0.1) is 0 Å². The third-order valence-corrected chi connectivity index (χ3v) is 4.25. The molecule has 3 rings (SSSR count). The third-order valence-electron chi connectivity index (χ3n) is 4.25. The third kappa shape index (κ3) is 2.18. The van der Waals surface area contributed by atoms with Crippen LogP contribution in [0.5, 0.6) is 0 Å². The van der Waals surface area contributed by atoms with Gasteiger partial charge in [-0.25, -0.2) is 4.98 Å². The summed E-state index contributed by atoms with van der Waals surface area (Å²) in [6, 6.07) is 6.65. The van der Waals surface area contributed by atoms with Gasteiger partial charge in [0.25, 0.3) is 0 Å². The number of fused-ring (bicyclic) bond motifs is 1. The first-order valence-electron chi connectivity index (χ1n) is 6.80. The molecule has 19 heavy (non-hydrogen) atoms. The van der Waals surface area contributed by atoms with Crippen LogP contribution in [0, 0.1) is 11.3 Å². The first kappa shape index (κ1) is 12.4. The molecule has 0 aromatic carbocycles. The van der Waals surface area contributed by atoms with Gasteiger partial charge in [0.15, 0.2) is 0 Å². The largest absolute Gasteiger partial charge is 0.395 e. The van der Waals surface area contributed by atoms with E-state index in [9.17, 15) is 5.11 Å². The quantitative estimate of drug-likeness (QED) is 0.841. The predicted octanol–water partition coefficient (Wildman–Crippen LogP) is 0.599. The zero-order valence-corrected chi connectivity index (χ0v) is 10.9. The molecular weight excluding hydrogens is 240 g/mol. The Balaban J connectivity index is 1.78. The lowest BCUT2D eigenvalue weighted by Crippen LogP contribution is -2.53. The average Bonchev–Trinajstić information content (AvgIpc) is 2.89. The summed E-state index contributed by atoms with van der Waals surface area (Å²) in [6.07, 6.45) is 3.94. The van der Waals surface area contributed by atoms with E-state index in [0.29, 0.717) is 17.6 Å². The monoisotopic (exact) mass is 258 g/mol. The Bertz CT molecular complexity index is 498. The Morgan fingerprint density at radius 2 is 2.32 bits per heavy atom. The zero-order chi connectivity index (χ0) is 13.2. The smallest absolute Gasteiger partial charge is 0.146 e. The van der Waals surface area contributed by atoms with E-state index in [1.165, 1.54) is 0 Å². The minimum absolute atomic E-state index is 0.254. The zero-order valence-electron chi connectivity index (χ0n) is 10.9. The molecule has 1 aromatic rings. The second-order valence-corrected chi connectivity index (χ2v) is 5.24. The van der Waals surface area contributed by atoms with Crippen molar-refractivity contribution < 1.29 is 5.11 Å². The number of rotatable bonds is 2. The van der Waals surface area contributed by atoms with E-state index in [4.69, 9.17) is 5.26 Å². The highest BCUT2D eigenvalue weighted by Crippen LogP contribution is 2.29. The molecule has 100 valence electrons. The molecule has 2 saturated heterocycles. The molecule has 2 atom stereocenters. The van der Waals surface area contributed by atoms with Crippen LogP contribution in [0.15, 0.2) is 18.3 Å². The molecule has 2 fully saturated rings. The van der Waals surface area contributed by atoms with Crippen LogP contribution in [-0.2, 0) is 0 Å². The van der Waals surface area contributed by atoms with Gasteiger partial charge in [0, 0.05) is 37.9 Å². The summed E-state index contributed by atoms with van der Waals surface area (Å²) in [5, 5.41) is 18.5. The summed E-state index contributed by atoms with van der Waals surface area (Å²) in [7, 11) is 0. The fourth-order valence-corrected chi connectivity index (χ4v) is 3.28. The summed E-state index contributed by atoms with van der Waals surface area (Å²) in [6.45, 7) is 2.97. The minimum Gasteiger partial charge on any atom is -0.395 e. The molecule has 0 saturated carbocycles. The fraction of sp³-hybridized carbons (Fsp3) is 0.571. The topological polar surface area (TPSA) is 63.4 Å². The molecule has 1 aromatic heterocycles. The summed E-state index contributed by atoms with van der Waals surface area (Å²) in [5.74, 6) is 0.803. The number of nitriles is 1. The number of nitrogens with zero attached hydrogens (tertiary/aromatic N) is 4. The van der Waals surface area contributed by atoms with E-state index < -0.39 is 0 Å². The number of aliphatic hydroxyl groups excluding tert-OH is 1. The van der Waals surface area contributed by atoms with Gasteiger partial charge in [0.05, 0.1) is 12.2 Å². The highest BCUT2D eigenvalue weighted by molar-refractivity contribution is 5.53. The van der Waals surface area contributed by atoms with Crippen LogP contribution in [0.2, 0.25) is 0 Å². The molecule has 2 aliphatic heterocycles. The Labute approximate surface area is 113 Å². The van der Waals surface area contributed by atoms with E-state index in [1.807, 2.05) is 6.07 Å². The van der Waals surface area contributed by atoms with Crippen molar-refractivity contribution in [3.63, 3.8) is 0 Å². The molecule has 3 heterocycles. The van der Waals surface area contributed by atoms with Crippen molar-refractivity contribution in [3.8, 4) is 6.07 Å². The van der Waals surface area contributed by atoms with Gasteiger partial charge in [0.2, 0.25) is 0 Å². The predicted molar refractivity (Wildman–Crippen MR) is 71.8 cm³/mol. The average molecular weight is 258 g/mol. The second kappa shape index (κ2) is 5.16. The summed E-state index contributed by atoms with van der Waals surface area (Å²) in [4.78, 5) is 8.98. The second-order valence-electron chi connectivity index (χ2n) is 5.24. The molecule has 0 bridgehead atoms. The van der Waals surface area contributed by atoms with Crippen molar-refractivity contribution in [3.05, 3.63) is 23.9 Å². The van der Waals surface area contributed by atoms with Crippen molar-refractivity contribution in [2.45, 2.75) is 24.9 Å². The molecule has 0 radical (unpaired) electrons. The first-order chi connectivity index (χ1) is 9.33. The molecule has 5 heteroatoms. The van der Waals surface area contributed by atoms with Crippen molar-refractivity contribution in [1.82, 2.24) is 9.88 Å². The van der Waals surface area contributed by atoms with Crippen LogP contribution in [0.1, 0.15) is 18.4 Å². The van der Waals surface area contributed by atoms with E-state index in [2.05, 4.69) is 20.9 Å². The first-order valence-corrected chi connectivity index (χ1v) is 6.80. The minimum atomic E-state index is 0.254. The number of hydrogen-bond acceptors (Lipinski definition) is 5. The van der Waals surface area contributed by atoms with Crippen LogP contribution >= 0.6 is 0 Å². The van der Waals surface area contributed by atoms with Crippen LogP contribution in [0.3, 0.4) is 0 Å². The highest BCUT2D eigenvalue weighted by atomic mass is 16.3. The number of aromatic nitrogens is 1. The molecule has 5 nitrogen and oxygen atoms in total. The molecule has 0 unspecified atom stereocenters. The van der Waals surface area contributed by atoms with Gasteiger partial charge < -0.3 is 10.0 Å². The maximum atomic E-state index is 9.36. The van der Waals surface area contributed by atoms with Crippen LogP contribution in [-0.4, -0.2) is 53.3 Å². The molecule has 0 amide bonds. The lowest BCUT2D eigenvalue weighted by atomic mass is 10.1. The van der Waals surface area contributed by atoms with Crippen molar-refractivity contribution >= 4 is 5.82 Å². The van der Waals surface area contributed by atoms with E-state index in [-0.39, 0.29) is 6.61 Å². The molecule has 1 N–H and O–H groups in total. The van der Waals surface area contributed by atoms with Crippen molar-refractivity contribution in [2.24, 2.45) is 0 Å². The Kier molecular flexibility index (Phi) is 3.36. The van der Waals surface area contributed by atoms with Crippen LogP contribution < -0.4 is 4.90 Å². The van der Waals surface area contributed by atoms with Crippen LogP contribution in [0.25, 0.3) is 0 Å². The van der Waals surface area contributed by atoms with Gasteiger partial charge in [-0.2, -0.15) is 5.26 Å². The molecular formula is C14H18N4O. The Morgan fingerprint density at radius 1 is 1.42 bits per heavy atom. The van der Waals surface area contributed by atoms with E-state index >= 15 is 0 Å². The van der Waals surface area contributed by atoms with Crippen LogP contribution in [0.4, 0.5) is 5.82 Å². The SMILES string of the molecule is N#Cc1cccnc1N1CCN2[C@@H](CO)CC[C@H]2C1. The summed E-state index contributed by atoms with van der Waals surface area (Å²) in [5.41, 5.74) is 0.646. The number of pyridine rings is 1.